The average molecular weight is 290 g/mol. The van der Waals surface area contributed by atoms with Gasteiger partial charge in [-0.2, -0.15) is 4.31 Å². The summed E-state index contributed by atoms with van der Waals surface area (Å²) in [6.07, 6.45) is 0. The zero-order valence-corrected chi connectivity index (χ0v) is 12.1. The van der Waals surface area contributed by atoms with E-state index in [0.717, 1.165) is 12.1 Å². The summed E-state index contributed by atoms with van der Waals surface area (Å²) in [4.78, 5) is -0.211. The van der Waals surface area contributed by atoms with Crippen molar-refractivity contribution in [2.75, 3.05) is 26.0 Å². The van der Waals surface area contributed by atoms with Gasteiger partial charge in [-0.25, -0.2) is 12.8 Å². The summed E-state index contributed by atoms with van der Waals surface area (Å²) in [6.45, 7) is 3.93. The fourth-order valence-corrected chi connectivity index (χ4v) is 3.66. The molecule has 0 saturated carbocycles. The molecule has 2 N–H and O–H groups in total. The fourth-order valence-electron chi connectivity index (χ4n) is 1.90. The van der Waals surface area contributed by atoms with E-state index in [4.69, 9.17) is 10.5 Å². The van der Waals surface area contributed by atoms with E-state index in [2.05, 4.69) is 0 Å². The number of hydrogen-bond acceptors (Lipinski definition) is 4. The second-order valence-electron chi connectivity index (χ2n) is 4.19. The molecule has 0 spiro atoms. The van der Waals surface area contributed by atoms with Crippen molar-refractivity contribution in [2.24, 2.45) is 0 Å². The normalized spacial score (nSPS) is 13.7. The van der Waals surface area contributed by atoms with E-state index in [1.54, 1.807) is 13.8 Å². The highest BCUT2D eigenvalue weighted by molar-refractivity contribution is 7.89. The van der Waals surface area contributed by atoms with Crippen molar-refractivity contribution < 1.29 is 17.5 Å². The predicted molar refractivity (Wildman–Crippen MR) is 71.7 cm³/mol. The Bertz CT molecular complexity index is 534. The van der Waals surface area contributed by atoms with Crippen molar-refractivity contribution in [1.82, 2.24) is 4.31 Å². The number of nitrogens with zero attached hydrogens (tertiary/aromatic N) is 1. The number of benzene rings is 1. The average Bonchev–Trinajstić information content (AvgIpc) is 2.33. The molecule has 7 heteroatoms. The predicted octanol–water partition coefficient (Wildman–Crippen LogP) is 1.45. The lowest BCUT2D eigenvalue weighted by Gasteiger charge is -2.27. The molecule has 5 nitrogen and oxygen atoms in total. The smallest absolute Gasteiger partial charge is 0.245 e. The number of nitrogen functional groups attached to an aromatic ring is 1. The van der Waals surface area contributed by atoms with Crippen molar-refractivity contribution in [3.63, 3.8) is 0 Å². The van der Waals surface area contributed by atoms with Gasteiger partial charge in [0, 0.05) is 19.7 Å². The lowest BCUT2D eigenvalue weighted by atomic mass is 10.3. The highest BCUT2D eigenvalue weighted by Gasteiger charge is 2.29. The van der Waals surface area contributed by atoms with Crippen molar-refractivity contribution in [3.8, 4) is 0 Å². The van der Waals surface area contributed by atoms with E-state index >= 15 is 0 Å². The maximum absolute atomic E-state index is 13.2. The summed E-state index contributed by atoms with van der Waals surface area (Å²) in [6, 6.07) is 2.95. The number of rotatable bonds is 6. The number of sulfonamides is 1. The molecule has 0 aliphatic rings. The molecule has 0 radical (unpaired) electrons. The number of hydrogen-bond donors (Lipinski definition) is 1. The van der Waals surface area contributed by atoms with Crippen LogP contribution < -0.4 is 5.73 Å². The van der Waals surface area contributed by atoms with Gasteiger partial charge in [0.05, 0.1) is 12.3 Å². The van der Waals surface area contributed by atoms with Crippen LogP contribution in [-0.4, -0.2) is 39.0 Å². The number of nitrogens with two attached hydrogens (primary N) is 1. The molecule has 0 amide bonds. The van der Waals surface area contributed by atoms with Gasteiger partial charge in [-0.1, -0.05) is 6.92 Å². The number of methoxy groups -OCH3 is 1. The first-order valence-electron chi connectivity index (χ1n) is 5.90. The van der Waals surface area contributed by atoms with Gasteiger partial charge in [-0.15, -0.1) is 0 Å². The number of anilines is 1. The second-order valence-corrected chi connectivity index (χ2v) is 6.05. The minimum Gasteiger partial charge on any atom is -0.398 e. The zero-order chi connectivity index (χ0) is 14.6. The molecule has 1 aromatic carbocycles. The molecule has 1 atom stereocenters. The van der Waals surface area contributed by atoms with Gasteiger partial charge < -0.3 is 10.5 Å². The monoisotopic (exact) mass is 290 g/mol. The third-order valence-corrected chi connectivity index (χ3v) is 4.92. The summed E-state index contributed by atoms with van der Waals surface area (Å²) in [7, 11) is -2.34. The highest BCUT2D eigenvalue weighted by Crippen LogP contribution is 2.24. The summed E-state index contributed by atoms with van der Waals surface area (Å²) in [5.74, 6) is -0.636. The molecular formula is C12H19FN2O3S. The van der Waals surface area contributed by atoms with E-state index in [0.29, 0.717) is 0 Å². The minimum atomic E-state index is -3.84. The van der Waals surface area contributed by atoms with Gasteiger partial charge in [0.1, 0.15) is 10.7 Å². The Morgan fingerprint density at radius 1 is 1.47 bits per heavy atom. The van der Waals surface area contributed by atoms with Crippen molar-refractivity contribution in [1.29, 1.82) is 0 Å². The molecule has 0 aliphatic carbocycles. The van der Waals surface area contributed by atoms with Crippen LogP contribution in [0.5, 0.6) is 0 Å². The third kappa shape index (κ3) is 3.43. The summed E-state index contributed by atoms with van der Waals surface area (Å²) >= 11 is 0. The lowest BCUT2D eigenvalue weighted by Crippen LogP contribution is -2.41. The molecule has 0 saturated heterocycles. The largest absolute Gasteiger partial charge is 0.398 e. The summed E-state index contributed by atoms with van der Waals surface area (Å²) in [5, 5.41) is 0. The Balaban J connectivity index is 3.24. The molecule has 1 rings (SSSR count). The SMILES string of the molecule is CCN(C(C)COC)S(=O)(=O)c1cc(F)ccc1N. The molecule has 0 fully saturated rings. The fraction of sp³-hybridized carbons (Fsp3) is 0.500. The quantitative estimate of drug-likeness (QED) is 0.805. The van der Waals surface area contributed by atoms with Crippen LogP contribution in [0.4, 0.5) is 10.1 Å². The molecule has 0 aromatic heterocycles. The van der Waals surface area contributed by atoms with Gasteiger partial charge in [-0.05, 0) is 25.1 Å². The maximum atomic E-state index is 13.2. The van der Waals surface area contributed by atoms with Crippen molar-refractivity contribution in [3.05, 3.63) is 24.0 Å². The topological polar surface area (TPSA) is 72.6 Å². The second kappa shape index (κ2) is 6.31. The zero-order valence-electron chi connectivity index (χ0n) is 11.3. The van der Waals surface area contributed by atoms with Crippen LogP contribution in [0.25, 0.3) is 0 Å². The van der Waals surface area contributed by atoms with E-state index in [1.807, 2.05) is 0 Å². The first-order chi connectivity index (χ1) is 8.84. The van der Waals surface area contributed by atoms with E-state index in [-0.39, 0.29) is 29.8 Å². The maximum Gasteiger partial charge on any atom is 0.245 e. The standard InChI is InChI=1S/C12H19FN2O3S/c1-4-15(9(2)8-18-3)19(16,17)12-7-10(13)5-6-11(12)14/h5-7,9H,4,8,14H2,1-3H3. The lowest BCUT2D eigenvalue weighted by molar-refractivity contribution is 0.142. The van der Waals surface area contributed by atoms with Crippen LogP contribution in [0.2, 0.25) is 0 Å². The molecule has 1 aromatic rings. The van der Waals surface area contributed by atoms with Gasteiger partial charge >= 0.3 is 0 Å². The number of ether oxygens (including phenoxy) is 1. The summed E-state index contributed by atoms with van der Waals surface area (Å²) < 4.78 is 44.4. The Morgan fingerprint density at radius 2 is 2.11 bits per heavy atom. The van der Waals surface area contributed by atoms with Gasteiger partial charge in [-0.3, -0.25) is 0 Å². The van der Waals surface area contributed by atoms with Crippen LogP contribution in [0.15, 0.2) is 23.1 Å². The number of halogens is 1. The van der Waals surface area contributed by atoms with Crippen LogP contribution in [0, 0.1) is 5.82 Å². The minimum absolute atomic E-state index is 0.0319. The van der Waals surface area contributed by atoms with E-state index in [9.17, 15) is 12.8 Å². The van der Waals surface area contributed by atoms with Gasteiger partial charge in [0.2, 0.25) is 10.0 Å². The molecule has 0 heterocycles. The first-order valence-corrected chi connectivity index (χ1v) is 7.34. The number of likely N-dealkylation sites (N-methyl/N-ethyl adjacent to an activating group) is 1. The van der Waals surface area contributed by atoms with Gasteiger partial charge in [0.15, 0.2) is 0 Å². The molecule has 1 unspecified atom stereocenters. The molecule has 108 valence electrons. The third-order valence-electron chi connectivity index (χ3n) is 2.77. The van der Waals surface area contributed by atoms with Crippen LogP contribution in [0.3, 0.4) is 0 Å². The molecule has 19 heavy (non-hydrogen) atoms. The van der Waals surface area contributed by atoms with E-state index < -0.39 is 15.8 Å². The Morgan fingerprint density at radius 3 is 2.63 bits per heavy atom. The molecular weight excluding hydrogens is 271 g/mol. The van der Waals surface area contributed by atoms with Crippen molar-refractivity contribution in [2.45, 2.75) is 24.8 Å². The van der Waals surface area contributed by atoms with Crippen LogP contribution in [0.1, 0.15) is 13.8 Å². The summed E-state index contributed by atoms with van der Waals surface area (Å²) in [5.41, 5.74) is 5.67. The van der Waals surface area contributed by atoms with Gasteiger partial charge in [0.25, 0.3) is 0 Å². The van der Waals surface area contributed by atoms with E-state index in [1.165, 1.54) is 17.5 Å². The first kappa shape index (κ1) is 15.9. The Kier molecular flexibility index (Phi) is 5.28. The molecule has 0 aliphatic heterocycles. The van der Waals surface area contributed by atoms with Crippen molar-refractivity contribution >= 4 is 15.7 Å². The Labute approximate surface area is 113 Å². The van der Waals surface area contributed by atoms with Crippen LogP contribution in [-0.2, 0) is 14.8 Å². The highest BCUT2D eigenvalue weighted by atomic mass is 32.2. The van der Waals surface area contributed by atoms with Crippen LogP contribution >= 0.6 is 0 Å². The molecule has 0 bridgehead atoms. The Hall–Kier alpha value is -1.18.